The number of hydrogen-bond donors (Lipinski definition) is 3. The van der Waals surface area contributed by atoms with Crippen molar-refractivity contribution in [3.05, 3.63) is 66.0 Å². The quantitative estimate of drug-likeness (QED) is 0.213. The molecule has 40 heavy (non-hydrogen) atoms. The largest absolute Gasteiger partial charge is 0.461 e. The smallest absolute Gasteiger partial charge is 0.306 e. The Morgan fingerprint density at radius 3 is 2.15 bits per heavy atom. The van der Waals surface area contributed by atoms with Crippen LogP contribution in [0.15, 0.2) is 54.9 Å². The van der Waals surface area contributed by atoms with Gasteiger partial charge in [-0.05, 0) is 41.5 Å². The molecule has 3 amide bonds. The summed E-state index contributed by atoms with van der Waals surface area (Å²) in [5, 5.41) is 5.12. The van der Waals surface area contributed by atoms with Crippen molar-refractivity contribution in [3.8, 4) is 0 Å². The lowest BCUT2D eigenvalue weighted by Crippen LogP contribution is -2.55. The van der Waals surface area contributed by atoms with E-state index in [1.54, 1.807) is 31.5 Å². The molecule has 1 aromatic carbocycles. The van der Waals surface area contributed by atoms with Crippen molar-refractivity contribution >= 4 is 29.5 Å². The monoisotopic (exact) mass is 552 g/mol. The van der Waals surface area contributed by atoms with E-state index in [1.165, 1.54) is 0 Å². The number of ketones is 1. The molecular weight excluding hydrogens is 512 g/mol. The number of hydrogen-bond acceptors (Lipinski definition) is 7. The first-order valence-corrected chi connectivity index (χ1v) is 13.5. The molecule has 216 valence electrons. The number of nitrogens with one attached hydrogen (secondary N) is 2. The van der Waals surface area contributed by atoms with Gasteiger partial charge in [-0.1, -0.05) is 64.4 Å². The number of pyridine rings is 1. The van der Waals surface area contributed by atoms with Gasteiger partial charge in [-0.25, -0.2) is 0 Å². The van der Waals surface area contributed by atoms with Crippen LogP contribution in [0.25, 0.3) is 0 Å². The maximum Gasteiger partial charge on any atom is 0.306 e. The fourth-order valence-corrected chi connectivity index (χ4v) is 4.17. The number of nitrogens with zero attached hydrogens (tertiary/aromatic N) is 1. The number of benzene rings is 1. The summed E-state index contributed by atoms with van der Waals surface area (Å²) in [7, 11) is 0. The summed E-state index contributed by atoms with van der Waals surface area (Å²) in [5.74, 6) is -4.81. The Labute approximate surface area is 235 Å². The molecule has 1 aromatic heterocycles. The van der Waals surface area contributed by atoms with Crippen LogP contribution in [0.1, 0.15) is 58.1 Å². The predicted molar refractivity (Wildman–Crippen MR) is 149 cm³/mol. The summed E-state index contributed by atoms with van der Waals surface area (Å²) < 4.78 is 5.37. The third-order valence-electron chi connectivity index (χ3n) is 6.64. The number of nitrogens with two attached hydrogens (primary N) is 1. The average molecular weight is 553 g/mol. The molecule has 0 bridgehead atoms. The number of carbonyl (C=O) groups is 5. The minimum Gasteiger partial charge on any atom is -0.461 e. The number of Topliss-reactive ketones (excluding diaryl/α,β-unsaturated/α-hetero) is 1. The van der Waals surface area contributed by atoms with Gasteiger partial charge in [0.2, 0.25) is 17.6 Å². The molecule has 10 nitrogen and oxygen atoms in total. The summed E-state index contributed by atoms with van der Waals surface area (Å²) in [5.41, 5.74) is 7.00. The van der Waals surface area contributed by atoms with Gasteiger partial charge in [-0.15, -0.1) is 0 Å². The molecule has 1 unspecified atom stereocenters. The number of aromatic nitrogens is 1. The van der Waals surface area contributed by atoms with Gasteiger partial charge < -0.3 is 21.1 Å². The molecule has 0 saturated carbocycles. The van der Waals surface area contributed by atoms with Crippen molar-refractivity contribution in [3.63, 3.8) is 0 Å². The van der Waals surface area contributed by atoms with Crippen molar-refractivity contribution in [1.29, 1.82) is 0 Å². The normalized spacial score (nSPS) is 13.9. The fourth-order valence-electron chi connectivity index (χ4n) is 4.17. The number of rotatable bonds is 16. The van der Waals surface area contributed by atoms with Crippen LogP contribution in [0, 0.1) is 17.8 Å². The molecule has 2 aromatic rings. The van der Waals surface area contributed by atoms with Crippen LogP contribution in [0.4, 0.5) is 0 Å². The summed E-state index contributed by atoms with van der Waals surface area (Å²) in [6.45, 7) is 7.51. The zero-order valence-corrected chi connectivity index (χ0v) is 23.6. The zero-order chi connectivity index (χ0) is 29.7. The van der Waals surface area contributed by atoms with Crippen LogP contribution in [0.3, 0.4) is 0 Å². The van der Waals surface area contributed by atoms with Gasteiger partial charge in [0.25, 0.3) is 5.91 Å². The zero-order valence-electron chi connectivity index (χ0n) is 23.6. The van der Waals surface area contributed by atoms with Crippen LogP contribution in [-0.2, 0) is 41.7 Å². The Morgan fingerprint density at radius 1 is 0.925 bits per heavy atom. The van der Waals surface area contributed by atoms with Gasteiger partial charge in [0, 0.05) is 24.7 Å². The van der Waals surface area contributed by atoms with Crippen molar-refractivity contribution in [1.82, 2.24) is 15.6 Å². The third-order valence-corrected chi connectivity index (χ3v) is 6.64. The second-order valence-corrected chi connectivity index (χ2v) is 10.4. The molecule has 0 aliphatic heterocycles. The van der Waals surface area contributed by atoms with E-state index in [2.05, 4.69) is 15.6 Å². The van der Waals surface area contributed by atoms with E-state index in [0.29, 0.717) is 18.4 Å². The maximum atomic E-state index is 13.3. The van der Waals surface area contributed by atoms with Gasteiger partial charge in [-0.3, -0.25) is 29.0 Å². The third kappa shape index (κ3) is 10.6. The molecule has 0 aliphatic rings. The van der Waals surface area contributed by atoms with E-state index in [9.17, 15) is 24.0 Å². The lowest BCUT2D eigenvalue weighted by molar-refractivity contribution is -0.149. The lowest BCUT2D eigenvalue weighted by Gasteiger charge is -2.26. The molecule has 0 fully saturated rings. The van der Waals surface area contributed by atoms with Crippen molar-refractivity contribution in [2.24, 2.45) is 23.5 Å². The molecule has 0 aliphatic carbocycles. The Bertz CT molecular complexity index is 1140. The van der Waals surface area contributed by atoms with E-state index in [0.717, 1.165) is 5.56 Å². The Hall–Kier alpha value is -4.08. The fraction of sp³-hybridized carbons (Fsp3) is 0.467. The molecule has 1 heterocycles. The number of amides is 3. The van der Waals surface area contributed by atoms with Gasteiger partial charge >= 0.3 is 5.97 Å². The standard InChI is InChI=1S/C30H40N4O6/c1-5-20(4)26(27(36)30(39)33-24(28(31)37)16-21-11-13-32-14-12-21)34-29(38)23(15-19(2)3)17-25(35)40-18-22-9-7-6-8-10-22/h6-14,19-20,23-24,26H,5,15-18H2,1-4H3,(H2,31,37)(H,33,39)(H,34,38)/t20-,23+,24-,26?/m0/s1. The first-order chi connectivity index (χ1) is 19.0. The van der Waals surface area contributed by atoms with Crippen LogP contribution in [0.2, 0.25) is 0 Å². The Morgan fingerprint density at radius 2 is 1.57 bits per heavy atom. The highest BCUT2D eigenvalue weighted by atomic mass is 16.5. The second-order valence-electron chi connectivity index (χ2n) is 10.4. The van der Waals surface area contributed by atoms with Crippen molar-refractivity contribution in [2.45, 2.75) is 72.1 Å². The molecule has 10 heteroatoms. The minimum atomic E-state index is -1.15. The summed E-state index contributed by atoms with van der Waals surface area (Å²) in [6, 6.07) is 10.3. The number of primary amides is 1. The second kappa shape index (κ2) is 16.1. The topological polar surface area (TPSA) is 158 Å². The van der Waals surface area contributed by atoms with Gasteiger partial charge in [0.05, 0.1) is 12.5 Å². The highest BCUT2D eigenvalue weighted by Crippen LogP contribution is 2.19. The molecule has 0 saturated heterocycles. The van der Waals surface area contributed by atoms with E-state index < -0.39 is 47.5 Å². The van der Waals surface area contributed by atoms with E-state index in [4.69, 9.17) is 10.5 Å². The van der Waals surface area contributed by atoms with E-state index >= 15 is 0 Å². The molecule has 2 rings (SSSR count). The first-order valence-electron chi connectivity index (χ1n) is 13.5. The average Bonchev–Trinajstić information content (AvgIpc) is 2.93. The molecule has 0 radical (unpaired) electrons. The van der Waals surface area contributed by atoms with Gasteiger partial charge in [0.1, 0.15) is 12.6 Å². The molecule has 0 spiro atoms. The highest BCUT2D eigenvalue weighted by molar-refractivity contribution is 6.38. The Kier molecular flexibility index (Phi) is 13.0. The number of carbonyl (C=O) groups excluding carboxylic acids is 5. The summed E-state index contributed by atoms with van der Waals surface area (Å²) >= 11 is 0. The van der Waals surface area contributed by atoms with E-state index in [-0.39, 0.29) is 31.3 Å². The highest BCUT2D eigenvalue weighted by Gasteiger charge is 2.35. The first kappa shape index (κ1) is 32.1. The molecule has 4 atom stereocenters. The minimum absolute atomic E-state index is 0.0821. The maximum absolute atomic E-state index is 13.3. The summed E-state index contributed by atoms with van der Waals surface area (Å²) in [4.78, 5) is 68.0. The van der Waals surface area contributed by atoms with Crippen LogP contribution in [-0.4, -0.2) is 46.5 Å². The number of esters is 1. The molecule has 4 N–H and O–H groups in total. The predicted octanol–water partition coefficient (Wildman–Crippen LogP) is 2.49. The van der Waals surface area contributed by atoms with Crippen molar-refractivity contribution < 1.29 is 28.7 Å². The molecular formula is C30H40N4O6. The Balaban J connectivity index is 2.10. The van der Waals surface area contributed by atoms with Crippen LogP contribution < -0.4 is 16.4 Å². The number of ether oxygens (including phenoxy) is 1. The summed E-state index contributed by atoms with van der Waals surface area (Å²) in [6.07, 6.45) is 3.88. The SMILES string of the molecule is CC[C@H](C)C(NC(=O)[C@@H](CC(=O)OCc1ccccc1)CC(C)C)C(=O)C(=O)N[C@@H](Cc1ccncc1)C(N)=O. The van der Waals surface area contributed by atoms with E-state index in [1.807, 2.05) is 51.1 Å². The lowest BCUT2D eigenvalue weighted by atomic mass is 9.90. The van der Waals surface area contributed by atoms with Crippen LogP contribution >= 0.6 is 0 Å². The van der Waals surface area contributed by atoms with Crippen molar-refractivity contribution in [2.75, 3.05) is 0 Å². The van der Waals surface area contributed by atoms with Gasteiger partial charge in [0.15, 0.2) is 0 Å². The van der Waals surface area contributed by atoms with Gasteiger partial charge in [-0.2, -0.15) is 0 Å². The van der Waals surface area contributed by atoms with Crippen LogP contribution in [0.5, 0.6) is 0 Å².